The minimum atomic E-state index is -4.50. The van der Waals surface area contributed by atoms with E-state index in [1.807, 2.05) is 6.92 Å². The Kier molecular flexibility index (Phi) is 6.50. The Balaban J connectivity index is 1.55. The molecular weight excluding hydrogens is 459 g/mol. The third kappa shape index (κ3) is 5.08. The normalized spacial score (nSPS) is 18.9. The molecule has 1 N–H and O–H groups in total. The summed E-state index contributed by atoms with van der Waals surface area (Å²) in [6.45, 7) is 2.85. The van der Waals surface area contributed by atoms with Crippen molar-refractivity contribution >= 4 is 23.5 Å². The minimum Gasteiger partial charge on any atom is -0.352 e. The number of rotatable bonds is 5. The van der Waals surface area contributed by atoms with Gasteiger partial charge in [-0.1, -0.05) is 18.5 Å². The Hall–Kier alpha value is -3.21. The number of aromatic nitrogens is 5. The molecule has 1 amide bonds. The Bertz CT molecular complexity index is 1110. The molecule has 0 bridgehead atoms. The quantitative estimate of drug-likeness (QED) is 0.593. The lowest BCUT2D eigenvalue weighted by Gasteiger charge is -2.40. The summed E-state index contributed by atoms with van der Waals surface area (Å²) in [5, 5.41) is 11.6. The van der Waals surface area contributed by atoms with E-state index in [9.17, 15) is 18.0 Å². The lowest BCUT2D eigenvalue weighted by atomic mass is 9.90. The second kappa shape index (κ2) is 9.34. The highest BCUT2D eigenvalue weighted by Crippen LogP contribution is 2.29. The monoisotopic (exact) mass is 479 g/mol. The van der Waals surface area contributed by atoms with Crippen LogP contribution in [0.3, 0.4) is 0 Å². The Labute approximate surface area is 192 Å². The van der Waals surface area contributed by atoms with Gasteiger partial charge in [0, 0.05) is 30.5 Å². The number of anilines is 1. The number of carbonyl (C=O) groups excluding carboxylic acids is 1. The molecule has 1 aliphatic rings. The Morgan fingerprint density at radius 1 is 1.21 bits per heavy atom. The van der Waals surface area contributed by atoms with Crippen molar-refractivity contribution < 1.29 is 18.0 Å². The number of likely N-dealkylation sites (tertiary alicyclic amines) is 1. The van der Waals surface area contributed by atoms with Crippen LogP contribution in [0.25, 0.3) is 5.69 Å². The van der Waals surface area contributed by atoms with Crippen molar-refractivity contribution in [3.8, 4) is 5.69 Å². The van der Waals surface area contributed by atoms with E-state index in [1.54, 1.807) is 23.1 Å². The van der Waals surface area contributed by atoms with E-state index in [1.165, 1.54) is 17.2 Å². The second-order valence-electron chi connectivity index (χ2n) is 7.84. The molecule has 1 aromatic carbocycles. The zero-order chi connectivity index (χ0) is 23.6. The van der Waals surface area contributed by atoms with Crippen molar-refractivity contribution in [1.29, 1.82) is 0 Å². The molecule has 0 radical (unpaired) electrons. The third-order valence-corrected chi connectivity index (χ3v) is 5.88. The SMILES string of the molecule is CC1CCCN(C(=O)c2cc(Cl)ccc2-n2nccn2)[C@@H]1CNc1ncc(C(F)(F)F)cn1. The van der Waals surface area contributed by atoms with Gasteiger partial charge in [0.2, 0.25) is 5.95 Å². The zero-order valence-electron chi connectivity index (χ0n) is 17.6. The molecule has 0 saturated carbocycles. The smallest absolute Gasteiger partial charge is 0.352 e. The van der Waals surface area contributed by atoms with Gasteiger partial charge in [-0.2, -0.15) is 28.2 Å². The van der Waals surface area contributed by atoms with Crippen LogP contribution in [0, 0.1) is 5.92 Å². The van der Waals surface area contributed by atoms with Gasteiger partial charge in [-0.3, -0.25) is 4.79 Å². The summed E-state index contributed by atoms with van der Waals surface area (Å²) in [5.41, 5.74) is -0.0504. The van der Waals surface area contributed by atoms with E-state index in [4.69, 9.17) is 11.6 Å². The molecule has 1 saturated heterocycles. The number of nitrogens with one attached hydrogen (secondary N) is 1. The van der Waals surface area contributed by atoms with Gasteiger partial charge in [-0.25, -0.2) is 9.97 Å². The zero-order valence-corrected chi connectivity index (χ0v) is 18.4. The first-order valence-corrected chi connectivity index (χ1v) is 10.7. The maximum atomic E-state index is 13.6. The predicted molar refractivity (Wildman–Crippen MR) is 115 cm³/mol. The van der Waals surface area contributed by atoms with Gasteiger partial charge in [0.1, 0.15) is 0 Å². The van der Waals surface area contributed by atoms with Crippen LogP contribution in [-0.4, -0.2) is 54.9 Å². The van der Waals surface area contributed by atoms with Crippen LogP contribution in [0.4, 0.5) is 19.1 Å². The fourth-order valence-corrected chi connectivity index (χ4v) is 4.10. The number of halogens is 4. The molecule has 2 aromatic heterocycles. The molecule has 33 heavy (non-hydrogen) atoms. The predicted octanol–water partition coefficient (Wildman–Crippen LogP) is 4.08. The number of nitrogens with zero attached hydrogens (tertiary/aromatic N) is 6. The van der Waals surface area contributed by atoms with Gasteiger partial charge in [-0.05, 0) is 37.0 Å². The summed E-state index contributed by atoms with van der Waals surface area (Å²) >= 11 is 6.18. The van der Waals surface area contributed by atoms with Crippen molar-refractivity contribution in [2.75, 3.05) is 18.4 Å². The number of amides is 1. The summed E-state index contributed by atoms with van der Waals surface area (Å²) in [6, 6.07) is 4.71. The largest absolute Gasteiger partial charge is 0.419 e. The van der Waals surface area contributed by atoms with Crippen molar-refractivity contribution in [2.45, 2.75) is 32.0 Å². The van der Waals surface area contributed by atoms with Crippen LogP contribution < -0.4 is 5.32 Å². The maximum Gasteiger partial charge on any atom is 0.419 e. The first kappa shape index (κ1) is 23.0. The molecule has 12 heteroatoms. The topological polar surface area (TPSA) is 88.8 Å². The van der Waals surface area contributed by atoms with E-state index >= 15 is 0 Å². The number of carbonyl (C=O) groups is 1. The highest BCUT2D eigenvalue weighted by molar-refractivity contribution is 6.31. The molecule has 1 aliphatic heterocycles. The third-order valence-electron chi connectivity index (χ3n) is 5.65. The van der Waals surface area contributed by atoms with E-state index in [2.05, 4.69) is 25.5 Å². The number of alkyl halides is 3. The average Bonchev–Trinajstić information content (AvgIpc) is 3.32. The fourth-order valence-electron chi connectivity index (χ4n) is 3.92. The number of piperidine rings is 1. The number of hydrogen-bond acceptors (Lipinski definition) is 6. The van der Waals surface area contributed by atoms with E-state index in [0.717, 1.165) is 25.2 Å². The van der Waals surface area contributed by atoms with Crippen LogP contribution in [0.15, 0.2) is 43.0 Å². The molecule has 0 aliphatic carbocycles. The molecule has 3 aromatic rings. The second-order valence-corrected chi connectivity index (χ2v) is 8.28. The van der Waals surface area contributed by atoms with Crippen LogP contribution in [0.2, 0.25) is 5.02 Å². The Morgan fingerprint density at radius 2 is 1.91 bits per heavy atom. The lowest BCUT2D eigenvalue weighted by Crippen LogP contribution is -2.51. The van der Waals surface area contributed by atoms with Gasteiger partial charge in [0.25, 0.3) is 5.91 Å². The summed E-state index contributed by atoms with van der Waals surface area (Å²) in [4.78, 5) is 24.2. The van der Waals surface area contributed by atoms with Crippen molar-refractivity contribution in [3.05, 3.63) is 59.1 Å². The first-order chi connectivity index (χ1) is 15.7. The highest BCUT2D eigenvalue weighted by Gasteiger charge is 2.34. The van der Waals surface area contributed by atoms with Crippen LogP contribution in [0.1, 0.15) is 35.7 Å². The molecular formula is C21H21ClF3N7O. The van der Waals surface area contributed by atoms with E-state index < -0.39 is 11.7 Å². The summed E-state index contributed by atoms with van der Waals surface area (Å²) in [7, 11) is 0. The van der Waals surface area contributed by atoms with Crippen LogP contribution in [-0.2, 0) is 6.18 Å². The minimum absolute atomic E-state index is 0.0670. The summed E-state index contributed by atoms with van der Waals surface area (Å²) < 4.78 is 38.2. The van der Waals surface area contributed by atoms with Crippen molar-refractivity contribution in [1.82, 2.24) is 29.9 Å². The van der Waals surface area contributed by atoms with Crippen molar-refractivity contribution in [2.24, 2.45) is 5.92 Å². The van der Waals surface area contributed by atoms with Gasteiger partial charge < -0.3 is 10.2 Å². The van der Waals surface area contributed by atoms with Crippen LogP contribution in [0.5, 0.6) is 0 Å². The lowest BCUT2D eigenvalue weighted by molar-refractivity contribution is -0.138. The summed E-state index contributed by atoms with van der Waals surface area (Å²) in [5.74, 6) is -0.0102. The van der Waals surface area contributed by atoms with Gasteiger partial charge >= 0.3 is 6.18 Å². The first-order valence-electron chi connectivity index (χ1n) is 10.3. The molecule has 8 nitrogen and oxygen atoms in total. The molecule has 174 valence electrons. The van der Waals surface area contributed by atoms with E-state index in [0.29, 0.717) is 22.8 Å². The number of benzene rings is 1. The molecule has 0 spiro atoms. The Morgan fingerprint density at radius 3 is 2.58 bits per heavy atom. The van der Waals surface area contributed by atoms with Gasteiger partial charge in [-0.15, -0.1) is 0 Å². The molecule has 2 atom stereocenters. The standard InChI is InChI=1S/C21H21ClF3N7O/c1-13-3-2-8-31(18(13)12-28-20-26-10-14(11-27-20)21(23,24)25)19(33)16-9-15(22)4-5-17(16)32-29-6-7-30-32/h4-7,9-11,13,18H,2-3,8,12H2,1H3,(H,26,27,28)/t13?,18-/m1/s1. The molecule has 1 unspecified atom stereocenters. The van der Waals surface area contributed by atoms with Crippen LogP contribution >= 0.6 is 11.6 Å². The van der Waals surface area contributed by atoms with Gasteiger partial charge in [0.15, 0.2) is 0 Å². The molecule has 3 heterocycles. The molecule has 4 rings (SSSR count). The maximum absolute atomic E-state index is 13.6. The van der Waals surface area contributed by atoms with E-state index in [-0.39, 0.29) is 30.4 Å². The summed E-state index contributed by atoms with van der Waals surface area (Å²) in [6.07, 6.45) is 1.74. The molecule has 1 fully saturated rings. The fraction of sp³-hybridized carbons (Fsp3) is 0.381. The highest BCUT2D eigenvalue weighted by atomic mass is 35.5. The number of hydrogen-bond donors (Lipinski definition) is 1. The van der Waals surface area contributed by atoms with Gasteiger partial charge in [0.05, 0.1) is 35.2 Å². The average molecular weight is 480 g/mol. The van der Waals surface area contributed by atoms with Crippen molar-refractivity contribution in [3.63, 3.8) is 0 Å².